The second-order valence-electron chi connectivity index (χ2n) is 4.64. The molecule has 0 fully saturated rings. The van der Waals surface area contributed by atoms with Crippen LogP contribution in [-0.2, 0) is 4.79 Å². The van der Waals surface area contributed by atoms with Gasteiger partial charge in [-0.1, -0.05) is 64.7 Å². The van der Waals surface area contributed by atoms with Gasteiger partial charge in [-0.2, -0.15) is 0 Å². The standard InChI is InChI=1S/C14H13ClN4OS3/c1-8(22-14-16-6-7-21-14)11(20)17-13-19-18-12(23-13)9-4-2-3-5-10(9)15/h2-5,8H,6-7H2,1H3,(H,17,19,20). The van der Waals surface area contributed by atoms with Crippen molar-refractivity contribution >= 4 is 61.9 Å². The fourth-order valence-electron chi connectivity index (χ4n) is 1.82. The third kappa shape index (κ3) is 4.26. The second-order valence-corrected chi connectivity index (χ2v) is 8.69. The highest BCUT2D eigenvalue weighted by molar-refractivity contribution is 8.39. The molecule has 1 N–H and O–H groups in total. The maximum Gasteiger partial charge on any atom is 0.239 e. The Labute approximate surface area is 151 Å². The van der Waals surface area contributed by atoms with Crippen LogP contribution in [-0.4, -0.2) is 38.0 Å². The van der Waals surface area contributed by atoms with Gasteiger partial charge in [-0.05, 0) is 13.0 Å². The molecule has 2 heterocycles. The molecular weight excluding hydrogens is 372 g/mol. The average molecular weight is 385 g/mol. The van der Waals surface area contributed by atoms with E-state index in [1.54, 1.807) is 17.8 Å². The molecule has 1 atom stereocenters. The quantitative estimate of drug-likeness (QED) is 0.862. The van der Waals surface area contributed by atoms with Crippen molar-refractivity contribution in [1.82, 2.24) is 10.2 Å². The maximum absolute atomic E-state index is 12.2. The van der Waals surface area contributed by atoms with Crippen LogP contribution >= 0.6 is 46.5 Å². The van der Waals surface area contributed by atoms with E-state index in [-0.39, 0.29) is 11.2 Å². The minimum atomic E-state index is -0.230. The number of halogens is 1. The molecule has 3 rings (SSSR count). The van der Waals surface area contributed by atoms with Crippen LogP contribution in [0.15, 0.2) is 29.3 Å². The van der Waals surface area contributed by atoms with Gasteiger partial charge in [-0.15, -0.1) is 10.2 Å². The van der Waals surface area contributed by atoms with E-state index in [2.05, 4.69) is 20.5 Å². The number of carbonyl (C=O) groups excluding carboxylic acids is 1. The number of thioether (sulfide) groups is 2. The number of carbonyl (C=O) groups is 1. The SMILES string of the molecule is CC(SC1=NCCS1)C(=O)Nc1nnc(-c2ccccc2Cl)s1. The van der Waals surface area contributed by atoms with E-state index in [4.69, 9.17) is 11.6 Å². The summed E-state index contributed by atoms with van der Waals surface area (Å²) in [6.07, 6.45) is 0. The molecule has 9 heteroatoms. The molecule has 1 aromatic heterocycles. The summed E-state index contributed by atoms with van der Waals surface area (Å²) in [5.74, 6) is 0.890. The van der Waals surface area contributed by atoms with Crippen LogP contribution in [0.25, 0.3) is 10.6 Å². The summed E-state index contributed by atoms with van der Waals surface area (Å²) in [6, 6.07) is 7.43. The molecule has 0 bridgehead atoms. The molecule has 0 spiro atoms. The van der Waals surface area contributed by atoms with E-state index in [0.717, 1.165) is 22.2 Å². The Kier molecular flexibility index (Phi) is 5.58. The molecule has 120 valence electrons. The van der Waals surface area contributed by atoms with Crippen molar-refractivity contribution < 1.29 is 4.79 Å². The lowest BCUT2D eigenvalue weighted by atomic mass is 10.2. The lowest BCUT2D eigenvalue weighted by Gasteiger charge is -2.09. The molecule has 1 amide bonds. The number of anilines is 1. The Hall–Kier alpha value is -1.09. The van der Waals surface area contributed by atoms with Gasteiger partial charge in [0.2, 0.25) is 11.0 Å². The van der Waals surface area contributed by atoms with E-state index in [1.165, 1.54) is 23.1 Å². The van der Waals surface area contributed by atoms with Crippen LogP contribution < -0.4 is 5.32 Å². The minimum Gasteiger partial charge on any atom is -0.300 e. The lowest BCUT2D eigenvalue weighted by molar-refractivity contribution is -0.115. The largest absolute Gasteiger partial charge is 0.300 e. The number of nitrogens with one attached hydrogen (secondary N) is 1. The Morgan fingerprint density at radius 3 is 2.96 bits per heavy atom. The molecule has 1 aliphatic heterocycles. The predicted molar refractivity (Wildman–Crippen MR) is 101 cm³/mol. The van der Waals surface area contributed by atoms with Gasteiger partial charge in [-0.3, -0.25) is 15.1 Å². The third-order valence-corrected chi connectivity index (χ3v) is 6.47. The zero-order chi connectivity index (χ0) is 16.2. The topological polar surface area (TPSA) is 67.2 Å². The summed E-state index contributed by atoms with van der Waals surface area (Å²) in [5.41, 5.74) is 0.811. The molecule has 23 heavy (non-hydrogen) atoms. The molecule has 1 aromatic carbocycles. The first-order chi connectivity index (χ1) is 11.1. The summed E-state index contributed by atoms with van der Waals surface area (Å²) in [5, 5.41) is 12.5. The van der Waals surface area contributed by atoms with Crippen LogP contribution in [0.1, 0.15) is 6.92 Å². The first-order valence-corrected chi connectivity index (χ1v) is 9.92. The first-order valence-electron chi connectivity index (χ1n) is 6.86. The molecular formula is C14H13ClN4OS3. The number of aliphatic imine (C=N–C) groups is 1. The summed E-state index contributed by atoms with van der Waals surface area (Å²) in [6.45, 7) is 2.69. The van der Waals surface area contributed by atoms with Crippen molar-refractivity contribution in [2.24, 2.45) is 4.99 Å². The highest BCUT2D eigenvalue weighted by Crippen LogP contribution is 2.32. The van der Waals surface area contributed by atoms with Gasteiger partial charge >= 0.3 is 0 Å². The number of rotatable bonds is 4. The fraction of sp³-hybridized carbons (Fsp3) is 0.286. The zero-order valence-corrected chi connectivity index (χ0v) is 15.4. The summed E-state index contributed by atoms with van der Waals surface area (Å²) < 4.78 is 0.974. The number of nitrogens with zero attached hydrogens (tertiary/aromatic N) is 3. The third-order valence-electron chi connectivity index (χ3n) is 2.96. The Balaban J connectivity index is 1.64. The average Bonchev–Trinajstić information content (AvgIpc) is 3.19. The normalized spacial score (nSPS) is 15.3. The summed E-state index contributed by atoms with van der Waals surface area (Å²) in [7, 11) is 0. The van der Waals surface area contributed by atoms with E-state index < -0.39 is 0 Å². The van der Waals surface area contributed by atoms with Crippen LogP contribution in [0.3, 0.4) is 0 Å². The van der Waals surface area contributed by atoms with Crippen molar-refractivity contribution in [3.05, 3.63) is 29.3 Å². The Bertz CT molecular complexity index is 749. The van der Waals surface area contributed by atoms with E-state index >= 15 is 0 Å². The monoisotopic (exact) mass is 384 g/mol. The van der Waals surface area contributed by atoms with Gasteiger partial charge in [0, 0.05) is 11.3 Å². The predicted octanol–water partition coefficient (Wildman–Crippen LogP) is 4.02. The van der Waals surface area contributed by atoms with Crippen LogP contribution in [0, 0.1) is 0 Å². The van der Waals surface area contributed by atoms with Crippen LogP contribution in [0.2, 0.25) is 5.02 Å². The number of hydrogen-bond acceptors (Lipinski definition) is 7. The van der Waals surface area contributed by atoms with Gasteiger partial charge in [0.05, 0.1) is 16.8 Å². The smallest absolute Gasteiger partial charge is 0.239 e. The van der Waals surface area contributed by atoms with Gasteiger partial charge in [0.15, 0.2) is 5.01 Å². The number of benzene rings is 1. The first kappa shape index (κ1) is 16.8. The van der Waals surface area contributed by atoms with Crippen molar-refractivity contribution in [3.63, 3.8) is 0 Å². The molecule has 0 radical (unpaired) electrons. The number of aromatic nitrogens is 2. The van der Waals surface area contributed by atoms with E-state index in [9.17, 15) is 4.79 Å². The minimum absolute atomic E-state index is 0.105. The highest BCUT2D eigenvalue weighted by atomic mass is 35.5. The Morgan fingerprint density at radius 2 is 2.22 bits per heavy atom. The van der Waals surface area contributed by atoms with Gasteiger partial charge < -0.3 is 0 Å². The van der Waals surface area contributed by atoms with Crippen molar-refractivity contribution in [3.8, 4) is 10.6 Å². The molecule has 2 aromatic rings. The highest BCUT2D eigenvalue weighted by Gasteiger charge is 2.20. The number of amides is 1. The maximum atomic E-state index is 12.2. The molecule has 5 nitrogen and oxygen atoms in total. The number of hydrogen-bond donors (Lipinski definition) is 1. The van der Waals surface area contributed by atoms with Crippen LogP contribution in [0.4, 0.5) is 5.13 Å². The van der Waals surface area contributed by atoms with Gasteiger partial charge in [-0.25, -0.2) is 0 Å². The summed E-state index contributed by atoms with van der Waals surface area (Å²) >= 11 is 10.6. The molecule has 0 saturated carbocycles. The fourth-order valence-corrected chi connectivity index (χ4v) is 5.01. The van der Waals surface area contributed by atoms with Crippen LogP contribution in [0.5, 0.6) is 0 Å². The molecule has 1 unspecified atom stereocenters. The van der Waals surface area contributed by atoms with Crippen molar-refractivity contribution in [1.29, 1.82) is 0 Å². The zero-order valence-electron chi connectivity index (χ0n) is 12.2. The lowest BCUT2D eigenvalue weighted by Crippen LogP contribution is -2.23. The molecule has 0 aliphatic carbocycles. The molecule has 1 aliphatic rings. The van der Waals surface area contributed by atoms with E-state index in [0.29, 0.717) is 15.2 Å². The second kappa shape index (κ2) is 7.65. The van der Waals surface area contributed by atoms with Gasteiger partial charge in [0.25, 0.3) is 0 Å². The Morgan fingerprint density at radius 1 is 1.39 bits per heavy atom. The van der Waals surface area contributed by atoms with E-state index in [1.807, 2.05) is 25.1 Å². The van der Waals surface area contributed by atoms with Gasteiger partial charge in [0.1, 0.15) is 4.38 Å². The molecule has 0 saturated heterocycles. The van der Waals surface area contributed by atoms with Crippen molar-refractivity contribution in [2.75, 3.05) is 17.6 Å². The van der Waals surface area contributed by atoms with Crippen molar-refractivity contribution in [2.45, 2.75) is 12.2 Å². The summed E-state index contributed by atoms with van der Waals surface area (Å²) in [4.78, 5) is 16.6.